The Bertz CT molecular complexity index is 878. The third-order valence-corrected chi connectivity index (χ3v) is 6.85. The van der Waals surface area contributed by atoms with Gasteiger partial charge in [-0.1, -0.05) is 12.1 Å². The van der Waals surface area contributed by atoms with Crippen molar-refractivity contribution in [2.75, 3.05) is 26.7 Å². The fourth-order valence-corrected chi connectivity index (χ4v) is 4.93. The number of H-pyrrole nitrogens is 1. The van der Waals surface area contributed by atoms with Gasteiger partial charge in [0.1, 0.15) is 0 Å². The lowest BCUT2D eigenvalue weighted by atomic mass is 9.94. The molecule has 146 valence electrons. The van der Waals surface area contributed by atoms with Crippen LogP contribution in [0.5, 0.6) is 0 Å². The van der Waals surface area contributed by atoms with Crippen LogP contribution in [0.25, 0.3) is 11.0 Å². The minimum atomic E-state index is -0.0254. The van der Waals surface area contributed by atoms with Crippen LogP contribution in [0.15, 0.2) is 29.1 Å². The van der Waals surface area contributed by atoms with E-state index in [9.17, 15) is 9.59 Å². The predicted octanol–water partition coefficient (Wildman–Crippen LogP) is 2.26. The molecule has 0 saturated carbocycles. The first kappa shape index (κ1) is 18.4. The molecular formula is C21H30N4O2. The molecule has 1 aromatic carbocycles. The molecule has 0 aliphatic carbocycles. The van der Waals surface area contributed by atoms with Crippen molar-refractivity contribution in [3.8, 4) is 0 Å². The highest BCUT2D eigenvalue weighted by Gasteiger charge is 2.38. The molecule has 0 spiro atoms. The van der Waals surface area contributed by atoms with Crippen LogP contribution < -0.4 is 5.69 Å². The van der Waals surface area contributed by atoms with Crippen molar-refractivity contribution in [2.45, 2.75) is 51.2 Å². The first-order valence-corrected chi connectivity index (χ1v) is 10.1. The number of piperidine rings is 1. The monoisotopic (exact) mass is 370 g/mol. The van der Waals surface area contributed by atoms with E-state index in [-0.39, 0.29) is 17.6 Å². The second kappa shape index (κ2) is 7.24. The maximum absolute atomic E-state index is 12.8. The molecule has 27 heavy (non-hydrogen) atoms. The average molecular weight is 370 g/mol. The molecule has 0 amide bonds. The molecule has 3 heterocycles. The van der Waals surface area contributed by atoms with Gasteiger partial charge in [-0.3, -0.25) is 14.3 Å². The number of hydrogen-bond donors (Lipinski definition) is 1. The van der Waals surface area contributed by atoms with Crippen molar-refractivity contribution in [3.05, 3.63) is 34.7 Å². The second-order valence-electron chi connectivity index (χ2n) is 8.39. The maximum Gasteiger partial charge on any atom is 0.326 e. The Kier molecular flexibility index (Phi) is 4.95. The molecule has 6 heteroatoms. The van der Waals surface area contributed by atoms with Gasteiger partial charge < -0.3 is 9.88 Å². The summed E-state index contributed by atoms with van der Waals surface area (Å²) in [6.07, 6.45) is 2.79. The van der Waals surface area contributed by atoms with Gasteiger partial charge in [-0.25, -0.2) is 4.79 Å². The van der Waals surface area contributed by atoms with E-state index < -0.39 is 0 Å². The Morgan fingerprint density at radius 3 is 2.56 bits per heavy atom. The Hall–Kier alpha value is -1.92. The number of carbonyl (C=O) groups excluding carboxylic acids is 1. The van der Waals surface area contributed by atoms with Crippen molar-refractivity contribution < 1.29 is 4.79 Å². The van der Waals surface area contributed by atoms with Crippen molar-refractivity contribution in [1.82, 2.24) is 19.4 Å². The summed E-state index contributed by atoms with van der Waals surface area (Å²) in [7, 11) is 2.12. The number of benzene rings is 1. The molecule has 2 aliphatic rings. The van der Waals surface area contributed by atoms with Crippen LogP contribution in [0.2, 0.25) is 0 Å². The average Bonchev–Trinajstić information content (AvgIpc) is 3.13. The van der Waals surface area contributed by atoms with Gasteiger partial charge in [0.2, 0.25) is 0 Å². The second-order valence-corrected chi connectivity index (χ2v) is 8.39. The van der Waals surface area contributed by atoms with E-state index in [1.54, 1.807) is 0 Å². The molecule has 4 rings (SSSR count). The SMILES string of the molecule is CC1CC(C(=O)CN2CCC(n3c(=O)[nH]c4ccccc43)CC2)C(C)N1C. The summed E-state index contributed by atoms with van der Waals surface area (Å²) in [5.74, 6) is 0.528. The lowest BCUT2D eigenvalue weighted by Crippen LogP contribution is -2.42. The number of aromatic amines is 1. The number of aromatic nitrogens is 2. The smallest absolute Gasteiger partial charge is 0.306 e. The summed E-state index contributed by atoms with van der Waals surface area (Å²) in [5, 5.41) is 0. The van der Waals surface area contributed by atoms with Gasteiger partial charge in [0, 0.05) is 37.1 Å². The Morgan fingerprint density at radius 2 is 1.89 bits per heavy atom. The Morgan fingerprint density at radius 1 is 1.19 bits per heavy atom. The summed E-state index contributed by atoms with van der Waals surface area (Å²) in [6, 6.07) is 8.88. The number of rotatable bonds is 4. The summed E-state index contributed by atoms with van der Waals surface area (Å²) in [5.41, 5.74) is 1.85. The number of imidazole rings is 1. The van der Waals surface area contributed by atoms with Gasteiger partial charge in [0.15, 0.2) is 5.78 Å². The van der Waals surface area contributed by atoms with Crippen LogP contribution in [0, 0.1) is 5.92 Å². The maximum atomic E-state index is 12.8. The highest BCUT2D eigenvalue weighted by atomic mass is 16.1. The molecule has 3 unspecified atom stereocenters. The zero-order valence-electron chi connectivity index (χ0n) is 16.5. The van der Waals surface area contributed by atoms with Gasteiger partial charge >= 0.3 is 5.69 Å². The summed E-state index contributed by atoms with van der Waals surface area (Å²) in [4.78, 5) is 32.8. The molecule has 2 fully saturated rings. The first-order chi connectivity index (χ1) is 13.0. The largest absolute Gasteiger partial charge is 0.326 e. The number of Topliss-reactive ketones (excluding diaryl/α,β-unsaturated/α-hetero) is 1. The minimum absolute atomic E-state index is 0.0254. The molecular weight excluding hydrogens is 340 g/mol. The van der Waals surface area contributed by atoms with Crippen LogP contribution in [0.4, 0.5) is 0 Å². The minimum Gasteiger partial charge on any atom is -0.306 e. The Labute approximate surface area is 160 Å². The Balaban J connectivity index is 1.39. The summed E-state index contributed by atoms with van der Waals surface area (Å²) >= 11 is 0. The molecule has 0 radical (unpaired) electrons. The topological polar surface area (TPSA) is 61.3 Å². The number of para-hydroxylation sites is 2. The van der Waals surface area contributed by atoms with E-state index in [0.29, 0.717) is 24.4 Å². The third-order valence-electron chi connectivity index (χ3n) is 6.85. The highest BCUT2D eigenvalue weighted by Crippen LogP contribution is 2.30. The fourth-order valence-electron chi connectivity index (χ4n) is 4.93. The molecule has 0 bridgehead atoms. The van der Waals surface area contributed by atoms with Crippen molar-refractivity contribution >= 4 is 16.8 Å². The molecule has 6 nitrogen and oxygen atoms in total. The van der Waals surface area contributed by atoms with Crippen molar-refractivity contribution in [2.24, 2.45) is 5.92 Å². The van der Waals surface area contributed by atoms with E-state index >= 15 is 0 Å². The zero-order chi connectivity index (χ0) is 19.1. The standard InChI is InChI=1S/C21H30N4O2/c1-14-12-17(15(2)23(14)3)20(26)13-24-10-8-16(9-11-24)25-19-7-5-4-6-18(19)22-21(25)27/h4-7,14-17H,8-13H2,1-3H3,(H,22,27). The van der Waals surface area contributed by atoms with Gasteiger partial charge in [-0.05, 0) is 52.3 Å². The lowest BCUT2D eigenvalue weighted by Gasteiger charge is -2.33. The van der Waals surface area contributed by atoms with Gasteiger partial charge in [0.25, 0.3) is 0 Å². The van der Waals surface area contributed by atoms with Crippen LogP contribution in [-0.4, -0.2) is 63.9 Å². The van der Waals surface area contributed by atoms with E-state index in [0.717, 1.165) is 43.4 Å². The van der Waals surface area contributed by atoms with Crippen LogP contribution in [0.1, 0.15) is 39.2 Å². The molecule has 1 N–H and O–H groups in total. The quantitative estimate of drug-likeness (QED) is 0.897. The number of carbonyl (C=O) groups is 1. The highest BCUT2D eigenvalue weighted by molar-refractivity contribution is 5.84. The number of ketones is 1. The molecule has 2 aliphatic heterocycles. The molecule has 3 atom stereocenters. The van der Waals surface area contributed by atoms with Gasteiger partial charge in [-0.2, -0.15) is 0 Å². The van der Waals surface area contributed by atoms with E-state index in [2.05, 4.69) is 35.7 Å². The van der Waals surface area contributed by atoms with Crippen molar-refractivity contribution in [3.63, 3.8) is 0 Å². The summed E-state index contributed by atoms with van der Waals surface area (Å²) in [6.45, 7) is 6.66. The molecule has 2 aromatic rings. The molecule has 1 aromatic heterocycles. The molecule has 2 saturated heterocycles. The van der Waals surface area contributed by atoms with Crippen LogP contribution in [-0.2, 0) is 4.79 Å². The predicted molar refractivity (Wildman–Crippen MR) is 107 cm³/mol. The van der Waals surface area contributed by atoms with Crippen LogP contribution in [0.3, 0.4) is 0 Å². The normalized spacial score (nSPS) is 28.2. The van der Waals surface area contributed by atoms with E-state index in [1.807, 2.05) is 28.8 Å². The number of nitrogens with one attached hydrogen (secondary N) is 1. The number of hydrogen-bond acceptors (Lipinski definition) is 4. The third kappa shape index (κ3) is 3.36. The fraction of sp³-hybridized carbons (Fsp3) is 0.619. The van der Waals surface area contributed by atoms with E-state index in [4.69, 9.17) is 0 Å². The van der Waals surface area contributed by atoms with Crippen LogP contribution >= 0.6 is 0 Å². The number of fused-ring (bicyclic) bond motifs is 1. The zero-order valence-corrected chi connectivity index (χ0v) is 16.5. The lowest BCUT2D eigenvalue weighted by molar-refractivity contribution is -0.124. The summed E-state index contributed by atoms with van der Waals surface area (Å²) < 4.78 is 1.91. The number of nitrogens with zero attached hydrogens (tertiary/aromatic N) is 3. The number of likely N-dealkylation sites (tertiary alicyclic amines) is 2. The first-order valence-electron chi connectivity index (χ1n) is 10.1. The van der Waals surface area contributed by atoms with E-state index in [1.165, 1.54) is 0 Å². The van der Waals surface area contributed by atoms with Crippen molar-refractivity contribution in [1.29, 1.82) is 0 Å². The van der Waals surface area contributed by atoms with Gasteiger partial charge in [-0.15, -0.1) is 0 Å². The van der Waals surface area contributed by atoms with Gasteiger partial charge in [0.05, 0.1) is 17.6 Å².